The van der Waals surface area contributed by atoms with Gasteiger partial charge in [0.25, 0.3) is 0 Å². The molecule has 35 heavy (non-hydrogen) atoms. The molecule has 0 radical (unpaired) electrons. The Hall–Kier alpha value is -3.19. The third kappa shape index (κ3) is 5.73. The second kappa shape index (κ2) is 10.6. The summed E-state index contributed by atoms with van der Waals surface area (Å²) in [5.41, 5.74) is 4.60. The van der Waals surface area contributed by atoms with E-state index in [0.717, 1.165) is 50.1 Å². The van der Waals surface area contributed by atoms with Gasteiger partial charge < -0.3 is 14.7 Å². The molecule has 0 spiro atoms. The first-order chi connectivity index (χ1) is 17.0. The molecule has 2 saturated heterocycles. The Balaban J connectivity index is 1.09. The van der Waals surface area contributed by atoms with Gasteiger partial charge in [-0.05, 0) is 70.3 Å². The summed E-state index contributed by atoms with van der Waals surface area (Å²) in [5, 5.41) is 7.37. The number of anilines is 1. The summed E-state index contributed by atoms with van der Waals surface area (Å²) in [6, 6.07) is 16.8. The fourth-order valence-corrected chi connectivity index (χ4v) is 5.05. The Morgan fingerprint density at radius 2 is 1.71 bits per heavy atom. The molecule has 7 nitrogen and oxygen atoms in total. The summed E-state index contributed by atoms with van der Waals surface area (Å²) >= 11 is 0. The van der Waals surface area contributed by atoms with Crippen LogP contribution in [0.25, 0.3) is 11.4 Å². The van der Waals surface area contributed by atoms with E-state index in [1.807, 2.05) is 24.3 Å². The fourth-order valence-electron chi connectivity index (χ4n) is 5.05. The van der Waals surface area contributed by atoms with E-state index < -0.39 is 0 Å². The molecule has 2 aliphatic rings. The van der Waals surface area contributed by atoms with Gasteiger partial charge in [-0.1, -0.05) is 47.1 Å². The molecule has 0 bridgehead atoms. The molecule has 1 aromatic heterocycles. The van der Waals surface area contributed by atoms with Gasteiger partial charge in [0.05, 0.1) is 12.6 Å². The maximum absolute atomic E-state index is 12.9. The highest BCUT2D eigenvalue weighted by Crippen LogP contribution is 2.25. The van der Waals surface area contributed by atoms with E-state index in [0.29, 0.717) is 18.3 Å². The molecule has 184 valence electrons. The van der Waals surface area contributed by atoms with Crippen LogP contribution in [0.15, 0.2) is 53.1 Å². The number of carbonyl (C=O) groups excluding carboxylic acids is 1. The van der Waals surface area contributed by atoms with Gasteiger partial charge in [0.2, 0.25) is 17.6 Å². The van der Waals surface area contributed by atoms with E-state index in [2.05, 4.69) is 63.4 Å². The normalized spacial score (nSPS) is 18.1. The van der Waals surface area contributed by atoms with Crippen molar-refractivity contribution in [1.82, 2.24) is 20.4 Å². The molecule has 5 rings (SSSR count). The highest BCUT2D eigenvalue weighted by molar-refractivity contribution is 5.79. The van der Waals surface area contributed by atoms with Crippen molar-refractivity contribution in [3.05, 3.63) is 65.5 Å². The van der Waals surface area contributed by atoms with E-state index in [9.17, 15) is 4.79 Å². The van der Waals surface area contributed by atoms with Gasteiger partial charge in [-0.15, -0.1) is 0 Å². The third-order valence-electron chi connectivity index (χ3n) is 7.32. The van der Waals surface area contributed by atoms with Gasteiger partial charge in [0.1, 0.15) is 0 Å². The van der Waals surface area contributed by atoms with Crippen molar-refractivity contribution in [3.63, 3.8) is 0 Å². The van der Waals surface area contributed by atoms with E-state index in [1.165, 1.54) is 24.1 Å². The van der Waals surface area contributed by atoms with Crippen molar-refractivity contribution in [1.29, 1.82) is 0 Å². The topological polar surface area (TPSA) is 74.5 Å². The second-order valence-electron chi connectivity index (χ2n) is 9.94. The van der Waals surface area contributed by atoms with Crippen molar-refractivity contribution in [2.75, 3.05) is 31.1 Å². The van der Waals surface area contributed by atoms with Crippen LogP contribution in [0.1, 0.15) is 55.7 Å². The van der Waals surface area contributed by atoms with Gasteiger partial charge in [-0.3, -0.25) is 9.69 Å². The van der Waals surface area contributed by atoms with Crippen LogP contribution in [-0.4, -0.2) is 47.1 Å². The number of nitrogens with zero attached hydrogens (tertiary/aromatic N) is 4. The minimum atomic E-state index is 0.00625. The third-order valence-corrected chi connectivity index (χ3v) is 7.32. The first kappa shape index (κ1) is 23.5. The number of piperidine rings is 1. The Labute approximate surface area is 207 Å². The summed E-state index contributed by atoms with van der Waals surface area (Å²) in [7, 11) is 0. The van der Waals surface area contributed by atoms with Crippen LogP contribution in [0.2, 0.25) is 0 Å². The van der Waals surface area contributed by atoms with Gasteiger partial charge in [-0.25, -0.2) is 0 Å². The highest BCUT2D eigenvalue weighted by atomic mass is 16.5. The molecule has 3 heterocycles. The van der Waals surface area contributed by atoms with E-state index in [-0.39, 0.29) is 17.9 Å². The van der Waals surface area contributed by atoms with E-state index in [1.54, 1.807) is 0 Å². The summed E-state index contributed by atoms with van der Waals surface area (Å²) in [6.07, 6.45) is 4.23. The predicted molar refractivity (Wildman–Crippen MR) is 137 cm³/mol. The molecule has 1 atom stereocenters. The smallest absolute Gasteiger partial charge is 0.241 e. The van der Waals surface area contributed by atoms with Crippen molar-refractivity contribution < 1.29 is 9.32 Å². The lowest BCUT2D eigenvalue weighted by molar-refractivity contribution is -0.127. The summed E-state index contributed by atoms with van der Waals surface area (Å²) in [4.78, 5) is 22.2. The van der Waals surface area contributed by atoms with Gasteiger partial charge in [0.15, 0.2) is 0 Å². The molecule has 3 aromatic rings. The minimum Gasteiger partial charge on any atom is -0.372 e. The standard InChI is InChI=1S/C28H35N5O2/c1-20-5-7-23(8-6-20)27-30-26(35-31-27)19-32-17-13-24(14-18-32)28(34)29-21(2)22-9-11-25(12-10-22)33-15-3-4-16-33/h5-12,21,24H,3-4,13-19H2,1-2H3,(H,29,34). The molecule has 2 aromatic carbocycles. The number of amides is 1. The molecule has 0 aliphatic carbocycles. The van der Waals surface area contributed by atoms with Gasteiger partial charge in [-0.2, -0.15) is 4.98 Å². The number of hydrogen-bond donors (Lipinski definition) is 1. The van der Waals surface area contributed by atoms with Gasteiger partial charge >= 0.3 is 0 Å². The zero-order valence-electron chi connectivity index (χ0n) is 20.7. The molecular weight excluding hydrogens is 438 g/mol. The zero-order chi connectivity index (χ0) is 24.2. The van der Waals surface area contributed by atoms with Crippen LogP contribution in [0.4, 0.5) is 5.69 Å². The molecule has 1 amide bonds. The molecule has 1 unspecified atom stereocenters. The number of likely N-dealkylation sites (tertiary alicyclic amines) is 1. The summed E-state index contributed by atoms with van der Waals surface area (Å²) < 4.78 is 5.48. The van der Waals surface area contributed by atoms with Crippen LogP contribution >= 0.6 is 0 Å². The van der Waals surface area contributed by atoms with Crippen LogP contribution in [-0.2, 0) is 11.3 Å². The molecule has 2 aliphatic heterocycles. The van der Waals surface area contributed by atoms with Crippen molar-refractivity contribution in [3.8, 4) is 11.4 Å². The Morgan fingerprint density at radius 3 is 2.40 bits per heavy atom. The average Bonchev–Trinajstić information content (AvgIpc) is 3.58. The minimum absolute atomic E-state index is 0.00625. The SMILES string of the molecule is Cc1ccc(-c2noc(CN3CCC(C(=O)NC(C)c4ccc(N5CCCC5)cc4)CC3)n2)cc1. The number of aryl methyl sites for hydroxylation is 1. The van der Waals surface area contributed by atoms with E-state index >= 15 is 0 Å². The lowest BCUT2D eigenvalue weighted by atomic mass is 9.95. The lowest BCUT2D eigenvalue weighted by Crippen LogP contribution is -2.40. The van der Waals surface area contributed by atoms with Crippen molar-refractivity contribution in [2.24, 2.45) is 5.92 Å². The predicted octanol–water partition coefficient (Wildman–Crippen LogP) is 4.73. The summed E-state index contributed by atoms with van der Waals surface area (Å²) in [5.74, 6) is 1.44. The average molecular weight is 474 g/mol. The molecule has 1 N–H and O–H groups in total. The zero-order valence-corrected chi connectivity index (χ0v) is 20.7. The fraction of sp³-hybridized carbons (Fsp3) is 0.464. The number of aromatic nitrogens is 2. The maximum Gasteiger partial charge on any atom is 0.241 e. The van der Waals surface area contributed by atoms with Gasteiger partial charge in [0, 0.05) is 30.3 Å². The molecule has 0 saturated carbocycles. The van der Waals surface area contributed by atoms with Crippen LogP contribution in [0.3, 0.4) is 0 Å². The maximum atomic E-state index is 12.9. The Morgan fingerprint density at radius 1 is 1.03 bits per heavy atom. The van der Waals surface area contributed by atoms with Crippen LogP contribution < -0.4 is 10.2 Å². The number of nitrogens with one attached hydrogen (secondary N) is 1. The molecular formula is C28H35N5O2. The first-order valence-electron chi connectivity index (χ1n) is 12.8. The largest absolute Gasteiger partial charge is 0.372 e. The Bertz CT molecular complexity index is 1110. The number of carbonyl (C=O) groups is 1. The molecule has 2 fully saturated rings. The first-order valence-corrected chi connectivity index (χ1v) is 12.8. The Kier molecular flexibility index (Phi) is 7.13. The number of hydrogen-bond acceptors (Lipinski definition) is 6. The monoisotopic (exact) mass is 473 g/mol. The highest BCUT2D eigenvalue weighted by Gasteiger charge is 2.27. The summed E-state index contributed by atoms with van der Waals surface area (Å²) in [6.45, 7) is 8.72. The number of rotatable bonds is 7. The number of benzene rings is 2. The lowest BCUT2D eigenvalue weighted by Gasteiger charge is -2.31. The second-order valence-corrected chi connectivity index (χ2v) is 9.94. The molecule has 7 heteroatoms. The van der Waals surface area contributed by atoms with Crippen LogP contribution in [0, 0.1) is 12.8 Å². The van der Waals surface area contributed by atoms with E-state index in [4.69, 9.17) is 4.52 Å². The van der Waals surface area contributed by atoms with Crippen LogP contribution in [0.5, 0.6) is 0 Å². The quantitative estimate of drug-likeness (QED) is 0.535. The van der Waals surface area contributed by atoms with Crippen molar-refractivity contribution in [2.45, 2.75) is 52.1 Å². The van der Waals surface area contributed by atoms with Crippen molar-refractivity contribution >= 4 is 11.6 Å².